The molecule has 0 radical (unpaired) electrons. The summed E-state index contributed by atoms with van der Waals surface area (Å²) in [5, 5.41) is 0. The number of hydrogen-bond donors (Lipinski definition) is 0. The van der Waals surface area contributed by atoms with E-state index >= 15 is 0 Å². The molecule has 1 aromatic carbocycles. The summed E-state index contributed by atoms with van der Waals surface area (Å²) < 4.78 is 5.41. The predicted molar refractivity (Wildman–Crippen MR) is 89.6 cm³/mol. The number of allylic oxidation sites excluding steroid dienone is 1. The highest BCUT2D eigenvalue weighted by molar-refractivity contribution is 5.96. The topological polar surface area (TPSA) is 46.6 Å². The van der Waals surface area contributed by atoms with Crippen molar-refractivity contribution in [3.05, 3.63) is 59.8 Å². The van der Waals surface area contributed by atoms with E-state index in [4.69, 9.17) is 4.74 Å². The number of amides is 1. The molecule has 0 spiro atoms. The molecule has 1 atom stereocenters. The van der Waals surface area contributed by atoms with Gasteiger partial charge < -0.3 is 9.64 Å². The third-order valence-corrected chi connectivity index (χ3v) is 3.90. The van der Waals surface area contributed by atoms with Crippen LogP contribution in [0.1, 0.15) is 38.7 Å². The van der Waals surface area contributed by atoms with Crippen LogP contribution in [-0.2, 0) is 14.3 Å². The van der Waals surface area contributed by atoms with E-state index in [1.807, 2.05) is 44.2 Å². The summed E-state index contributed by atoms with van der Waals surface area (Å²) >= 11 is 0. The third-order valence-electron chi connectivity index (χ3n) is 3.90. The number of esters is 1. The van der Waals surface area contributed by atoms with E-state index < -0.39 is 0 Å². The second kappa shape index (κ2) is 7.27. The smallest absolute Gasteiger partial charge is 0.336 e. The van der Waals surface area contributed by atoms with Crippen molar-refractivity contribution in [1.29, 1.82) is 0 Å². The molecule has 0 saturated carbocycles. The van der Waals surface area contributed by atoms with Crippen LogP contribution in [0.5, 0.6) is 0 Å². The zero-order chi connectivity index (χ0) is 17.0. The van der Waals surface area contributed by atoms with Crippen LogP contribution >= 0.6 is 0 Å². The number of carbonyl (C=O) groups is 2. The summed E-state index contributed by atoms with van der Waals surface area (Å²) in [5.41, 5.74) is 2.17. The Kier molecular flexibility index (Phi) is 5.37. The number of rotatable bonds is 5. The molecule has 0 aliphatic carbocycles. The molecule has 1 aliphatic rings. The van der Waals surface area contributed by atoms with Gasteiger partial charge in [0.2, 0.25) is 5.91 Å². The number of benzene rings is 1. The lowest BCUT2D eigenvalue weighted by Crippen LogP contribution is -2.38. The first-order chi connectivity index (χ1) is 11.0. The van der Waals surface area contributed by atoms with E-state index in [1.54, 1.807) is 17.9 Å². The quantitative estimate of drug-likeness (QED) is 0.618. The maximum absolute atomic E-state index is 12.6. The van der Waals surface area contributed by atoms with Crippen molar-refractivity contribution in [2.45, 2.75) is 39.2 Å². The molecule has 1 heterocycles. The highest BCUT2D eigenvalue weighted by Gasteiger charge is 2.36. The van der Waals surface area contributed by atoms with Crippen molar-refractivity contribution in [3.63, 3.8) is 0 Å². The number of hydrogen-bond acceptors (Lipinski definition) is 3. The Morgan fingerprint density at radius 1 is 1.39 bits per heavy atom. The molecule has 1 aromatic rings. The number of nitrogens with zero attached hydrogens (tertiary/aromatic N) is 1. The van der Waals surface area contributed by atoms with E-state index in [0.29, 0.717) is 17.8 Å². The first-order valence-electron chi connectivity index (χ1n) is 7.83. The second-order valence-electron chi connectivity index (χ2n) is 5.91. The molecule has 0 fully saturated rings. The zero-order valence-electron chi connectivity index (χ0n) is 13.9. The summed E-state index contributed by atoms with van der Waals surface area (Å²) in [6, 6.07) is 9.63. The second-order valence-corrected chi connectivity index (χ2v) is 5.91. The summed E-state index contributed by atoms with van der Waals surface area (Å²) in [6.45, 7) is 9.52. The van der Waals surface area contributed by atoms with Crippen LogP contribution < -0.4 is 0 Å². The lowest BCUT2D eigenvalue weighted by Gasteiger charge is -2.34. The van der Waals surface area contributed by atoms with Crippen LogP contribution in [0, 0.1) is 0 Å². The third kappa shape index (κ3) is 3.70. The molecule has 2 rings (SSSR count). The van der Waals surface area contributed by atoms with Gasteiger partial charge in [0, 0.05) is 24.6 Å². The van der Waals surface area contributed by atoms with Crippen LogP contribution in [0.4, 0.5) is 0 Å². The van der Waals surface area contributed by atoms with Crippen molar-refractivity contribution >= 4 is 11.9 Å². The Morgan fingerprint density at radius 3 is 2.61 bits per heavy atom. The predicted octanol–water partition coefficient (Wildman–Crippen LogP) is 3.41. The molecule has 0 bridgehead atoms. The van der Waals surface area contributed by atoms with Gasteiger partial charge in [-0.3, -0.25) is 4.79 Å². The van der Waals surface area contributed by atoms with Crippen LogP contribution in [0.25, 0.3) is 0 Å². The van der Waals surface area contributed by atoms with E-state index in [-0.39, 0.29) is 30.3 Å². The van der Waals surface area contributed by atoms with Crippen molar-refractivity contribution < 1.29 is 14.3 Å². The van der Waals surface area contributed by atoms with Crippen molar-refractivity contribution in [2.75, 3.05) is 6.54 Å². The van der Waals surface area contributed by atoms with Gasteiger partial charge in [0.25, 0.3) is 0 Å². The van der Waals surface area contributed by atoms with Gasteiger partial charge in [-0.2, -0.15) is 0 Å². The maximum Gasteiger partial charge on any atom is 0.336 e. The molecule has 0 unspecified atom stereocenters. The van der Waals surface area contributed by atoms with Gasteiger partial charge in [-0.05, 0) is 26.3 Å². The molecule has 23 heavy (non-hydrogen) atoms. The van der Waals surface area contributed by atoms with Crippen LogP contribution in [0.3, 0.4) is 0 Å². The van der Waals surface area contributed by atoms with Crippen molar-refractivity contribution in [3.8, 4) is 0 Å². The van der Waals surface area contributed by atoms with Crippen molar-refractivity contribution in [2.24, 2.45) is 0 Å². The molecule has 4 nitrogen and oxygen atoms in total. The largest absolute Gasteiger partial charge is 0.460 e. The minimum absolute atomic E-state index is 0.00245. The normalized spacial score (nSPS) is 18.3. The minimum Gasteiger partial charge on any atom is -0.460 e. The maximum atomic E-state index is 12.6. The first-order valence-corrected chi connectivity index (χ1v) is 7.83. The summed E-state index contributed by atoms with van der Waals surface area (Å²) in [7, 11) is 0. The summed E-state index contributed by atoms with van der Waals surface area (Å²) in [6.07, 6.45) is 1.72. The molecule has 0 saturated heterocycles. The SMILES string of the molecule is C=CCN1C(=O)C[C@@H](c2ccccc2)C(C(=O)OC(C)C)=C1C. The fourth-order valence-corrected chi connectivity index (χ4v) is 2.88. The number of ether oxygens (including phenoxy) is 1. The van der Waals surface area contributed by atoms with E-state index in [9.17, 15) is 9.59 Å². The van der Waals surface area contributed by atoms with Gasteiger partial charge >= 0.3 is 5.97 Å². The monoisotopic (exact) mass is 313 g/mol. The highest BCUT2D eigenvalue weighted by atomic mass is 16.5. The van der Waals surface area contributed by atoms with Crippen molar-refractivity contribution in [1.82, 2.24) is 4.90 Å². The Bertz CT molecular complexity index is 631. The van der Waals surface area contributed by atoms with Gasteiger partial charge in [0.1, 0.15) is 0 Å². The zero-order valence-corrected chi connectivity index (χ0v) is 13.9. The first kappa shape index (κ1) is 17.0. The van der Waals surface area contributed by atoms with Gasteiger partial charge in [-0.1, -0.05) is 36.4 Å². The fraction of sp³-hybridized carbons (Fsp3) is 0.368. The Balaban J connectivity index is 2.50. The van der Waals surface area contributed by atoms with Crippen LogP contribution in [-0.4, -0.2) is 29.4 Å². The Hall–Kier alpha value is -2.36. The molecule has 0 aromatic heterocycles. The summed E-state index contributed by atoms with van der Waals surface area (Å²) in [5.74, 6) is -0.624. The molecule has 4 heteroatoms. The summed E-state index contributed by atoms with van der Waals surface area (Å²) in [4.78, 5) is 26.7. The van der Waals surface area contributed by atoms with Crippen LogP contribution in [0.15, 0.2) is 54.3 Å². The average molecular weight is 313 g/mol. The van der Waals surface area contributed by atoms with E-state index in [0.717, 1.165) is 5.56 Å². The Morgan fingerprint density at radius 2 is 2.04 bits per heavy atom. The molecular formula is C19H23NO3. The van der Waals surface area contributed by atoms with Crippen LogP contribution in [0.2, 0.25) is 0 Å². The molecule has 1 amide bonds. The van der Waals surface area contributed by atoms with Gasteiger partial charge in [0.15, 0.2) is 0 Å². The van der Waals surface area contributed by atoms with E-state index in [1.165, 1.54) is 0 Å². The molecular weight excluding hydrogens is 290 g/mol. The molecule has 0 N–H and O–H groups in total. The van der Waals surface area contributed by atoms with E-state index in [2.05, 4.69) is 6.58 Å². The standard InChI is InChI=1S/C19H23NO3/c1-5-11-20-14(4)18(19(22)23-13(2)3)16(12-17(20)21)15-9-7-6-8-10-15/h5-10,13,16H,1,11-12H2,2-4H3/t16-/m0/s1. The van der Waals surface area contributed by atoms with Gasteiger partial charge in [-0.25, -0.2) is 4.79 Å². The molecule has 1 aliphatic heterocycles. The average Bonchev–Trinajstić information content (AvgIpc) is 2.50. The minimum atomic E-state index is -0.354. The highest BCUT2D eigenvalue weighted by Crippen LogP contribution is 2.37. The van der Waals surface area contributed by atoms with Gasteiger partial charge in [-0.15, -0.1) is 6.58 Å². The lowest BCUT2D eigenvalue weighted by molar-refractivity contribution is -0.143. The lowest BCUT2D eigenvalue weighted by atomic mass is 9.83. The fourth-order valence-electron chi connectivity index (χ4n) is 2.88. The van der Waals surface area contributed by atoms with Gasteiger partial charge in [0.05, 0.1) is 11.7 Å². The molecule has 122 valence electrons. The number of carbonyl (C=O) groups excluding carboxylic acids is 2. The Labute approximate surface area is 137 Å².